The van der Waals surface area contributed by atoms with Gasteiger partial charge in [0, 0.05) is 59.3 Å². The van der Waals surface area contributed by atoms with Gasteiger partial charge in [0.05, 0.1) is 5.60 Å². The number of pyridine rings is 1. The molecule has 1 atom stereocenters. The van der Waals surface area contributed by atoms with Crippen LogP contribution in [0.15, 0.2) is 24.5 Å². The van der Waals surface area contributed by atoms with Gasteiger partial charge in [0.25, 0.3) is 0 Å². The highest BCUT2D eigenvalue weighted by Gasteiger charge is 2.52. The smallest absolute Gasteiger partial charge is 0.248 e. The zero-order valence-corrected chi connectivity index (χ0v) is 14.6. The van der Waals surface area contributed by atoms with Crippen molar-refractivity contribution in [3.63, 3.8) is 0 Å². The van der Waals surface area contributed by atoms with Crippen molar-refractivity contribution in [1.29, 1.82) is 0 Å². The minimum absolute atomic E-state index is 0.00193. The molecule has 0 bridgehead atoms. The van der Waals surface area contributed by atoms with Gasteiger partial charge in [-0.05, 0) is 36.5 Å². The van der Waals surface area contributed by atoms with Gasteiger partial charge in [-0.25, -0.2) is 0 Å². The highest BCUT2D eigenvalue weighted by Crippen LogP contribution is 2.42. The second kappa shape index (κ2) is 7.59. The molecule has 6 nitrogen and oxygen atoms in total. The zero-order chi connectivity index (χ0) is 17.0. The summed E-state index contributed by atoms with van der Waals surface area (Å²) < 4.78 is 11.6. The molecule has 2 saturated heterocycles. The van der Waals surface area contributed by atoms with Crippen LogP contribution in [0.1, 0.15) is 18.4 Å². The molecule has 6 heteroatoms. The van der Waals surface area contributed by atoms with Crippen molar-refractivity contribution in [3.05, 3.63) is 30.1 Å². The van der Waals surface area contributed by atoms with Crippen molar-refractivity contribution in [2.75, 3.05) is 47.0 Å². The highest BCUT2D eigenvalue weighted by atomic mass is 16.5. The second-order valence-electron chi connectivity index (χ2n) is 7.03. The van der Waals surface area contributed by atoms with E-state index in [9.17, 15) is 4.79 Å². The van der Waals surface area contributed by atoms with Crippen LogP contribution in [0, 0.1) is 5.92 Å². The number of hydrogen-bond donors (Lipinski definition) is 0. The lowest BCUT2D eigenvalue weighted by atomic mass is 9.79. The zero-order valence-electron chi connectivity index (χ0n) is 14.6. The number of likely N-dealkylation sites (tertiary alicyclic amines) is 1. The monoisotopic (exact) mass is 333 g/mol. The maximum atomic E-state index is 11.5. The first-order valence-electron chi connectivity index (χ1n) is 8.62. The summed E-state index contributed by atoms with van der Waals surface area (Å²) in [7, 11) is 3.49. The summed E-state index contributed by atoms with van der Waals surface area (Å²) in [5.74, 6) is 0.542. The average Bonchev–Trinajstić information content (AvgIpc) is 2.95. The predicted molar refractivity (Wildman–Crippen MR) is 90.4 cm³/mol. The topological polar surface area (TPSA) is 54.9 Å². The van der Waals surface area contributed by atoms with E-state index in [-0.39, 0.29) is 18.1 Å². The van der Waals surface area contributed by atoms with Gasteiger partial charge in [0.2, 0.25) is 5.91 Å². The number of hydrogen-bond acceptors (Lipinski definition) is 5. The number of amides is 1. The van der Waals surface area contributed by atoms with Crippen molar-refractivity contribution < 1.29 is 14.3 Å². The van der Waals surface area contributed by atoms with Gasteiger partial charge in [-0.15, -0.1) is 0 Å². The van der Waals surface area contributed by atoms with Crippen LogP contribution in [0.25, 0.3) is 0 Å². The van der Waals surface area contributed by atoms with E-state index < -0.39 is 0 Å². The van der Waals surface area contributed by atoms with Crippen LogP contribution in [0.5, 0.6) is 0 Å². The normalized spacial score (nSPS) is 22.5. The van der Waals surface area contributed by atoms with Crippen molar-refractivity contribution >= 4 is 5.91 Å². The fraction of sp³-hybridized carbons (Fsp3) is 0.667. The van der Waals surface area contributed by atoms with Gasteiger partial charge in [0.1, 0.15) is 6.61 Å². The quantitative estimate of drug-likeness (QED) is 0.701. The summed E-state index contributed by atoms with van der Waals surface area (Å²) in [4.78, 5) is 19.6. The van der Waals surface area contributed by atoms with E-state index in [0.717, 1.165) is 39.1 Å². The Morgan fingerprint density at radius 1 is 1.42 bits per heavy atom. The van der Waals surface area contributed by atoms with E-state index in [1.165, 1.54) is 5.56 Å². The maximum Gasteiger partial charge on any atom is 0.248 e. The minimum atomic E-state index is 0.00193. The molecule has 24 heavy (non-hydrogen) atoms. The molecule has 0 aromatic carbocycles. The van der Waals surface area contributed by atoms with Crippen molar-refractivity contribution in [2.24, 2.45) is 5.92 Å². The predicted octanol–water partition coefficient (Wildman–Crippen LogP) is 1.17. The molecule has 2 fully saturated rings. The molecular formula is C18H27N3O3. The lowest BCUT2D eigenvalue weighted by Crippen LogP contribution is -2.64. The lowest BCUT2D eigenvalue weighted by Gasteiger charge is -2.50. The Morgan fingerprint density at radius 2 is 2.17 bits per heavy atom. The standard InChI is InChI=1S/C18H27N3O3/c1-20(2)17(22)12-23-9-5-16-6-10-24-18(16)13-21(14-18)11-15-3-7-19-8-4-15/h3-4,7-8,16H,5-6,9-14H2,1-2H3. The van der Waals surface area contributed by atoms with E-state index in [1.807, 2.05) is 12.4 Å². The summed E-state index contributed by atoms with van der Waals surface area (Å²) >= 11 is 0. The van der Waals surface area contributed by atoms with Crippen LogP contribution in [0.4, 0.5) is 0 Å². The molecule has 2 aliphatic heterocycles. The van der Waals surface area contributed by atoms with Crippen LogP contribution < -0.4 is 0 Å². The van der Waals surface area contributed by atoms with Gasteiger partial charge in [0.15, 0.2) is 0 Å². The summed E-state index contributed by atoms with van der Waals surface area (Å²) in [6.07, 6.45) is 5.73. The molecule has 1 aromatic heterocycles. The first-order chi connectivity index (χ1) is 11.6. The van der Waals surface area contributed by atoms with E-state index in [1.54, 1.807) is 19.0 Å². The number of carbonyl (C=O) groups excluding carboxylic acids is 1. The van der Waals surface area contributed by atoms with Crippen molar-refractivity contribution in [1.82, 2.24) is 14.8 Å². The number of likely N-dealkylation sites (N-methyl/N-ethyl adjacent to an activating group) is 1. The molecule has 0 saturated carbocycles. The van der Waals surface area contributed by atoms with E-state index in [2.05, 4.69) is 22.0 Å². The van der Waals surface area contributed by atoms with Crippen LogP contribution in [0.2, 0.25) is 0 Å². The third-order valence-electron chi connectivity index (χ3n) is 5.07. The summed E-state index contributed by atoms with van der Waals surface area (Å²) in [5, 5.41) is 0. The molecule has 1 aromatic rings. The molecule has 1 amide bonds. The Hall–Kier alpha value is -1.50. The second-order valence-corrected chi connectivity index (χ2v) is 7.03. The number of nitrogens with zero attached hydrogens (tertiary/aromatic N) is 3. The van der Waals surface area contributed by atoms with Gasteiger partial charge >= 0.3 is 0 Å². The molecule has 2 aliphatic rings. The van der Waals surface area contributed by atoms with Gasteiger partial charge in [-0.1, -0.05) is 0 Å². The number of carbonyl (C=O) groups is 1. The van der Waals surface area contributed by atoms with Crippen molar-refractivity contribution in [2.45, 2.75) is 25.0 Å². The first-order valence-corrected chi connectivity index (χ1v) is 8.62. The van der Waals surface area contributed by atoms with Crippen LogP contribution in [-0.4, -0.2) is 73.3 Å². The van der Waals surface area contributed by atoms with E-state index in [4.69, 9.17) is 9.47 Å². The SMILES string of the molecule is CN(C)C(=O)COCCC1CCOC12CN(Cc1ccncc1)C2. The van der Waals surface area contributed by atoms with Gasteiger partial charge in [-0.2, -0.15) is 0 Å². The Morgan fingerprint density at radius 3 is 2.88 bits per heavy atom. The van der Waals surface area contributed by atoms with Crippen LogP contribution in [-0.2, 0) is 20.8 Å². The largest absolute Gasteiger partial charge is 0.372 e. The van der Waals surface area contributed by atoms with E-state index in [0.29, 0.717) is 12.5 Å². The molecule has 3 rings (SSSR count). The lowest BCUT2D eigenvalue weighted by molar-refractivity contribution is -0.141. The third-order valence-corrected chi connectivity index (χ3v) is 5.07. The summed E-state index contributed by atoms with van der Waals surface area (Å²) in [6.45, 7) is 4.55. The highest BCUT2D eigenvalue weighted by molar-refractivity contribution is 5.76. The third kappa shape index (κ3) is 3.94. The number of rotatable bonds is 7. The Bertz CT molecular complexity index is 544. The number of ether oxygens (including phenoxy) is 2. The summed E-state index contributed by atoms with van der Waals surface area (Å²) in [6, 6.07) is 4.13. The van der Waals surface area contributed by atoms with Crippen molar-refractivity contribution in [3.8, 4) is 0 Å². The molecule has 132 valence electrons. The molecule has 0 N–H and O–H groups in total. The average molecular weight is 333 g/mol. The van der Waals surface area contributed by atoms with Crippen LogP contribution in [0.3, 0.4) is 0 Å². The van der Waals surface area contributed by atoms with Gasteiger partial charge < -0.3 is 14.4 Å². The van der Waals surface area contributed by atoms with Gasteiger partial charge in [-0.3, -0.25) is 14.7 Å². The Kier molecular flexibility index (Phi) is 5.48. The fourth-order valence-electron chi connectivity index (χ4n) is 3.63. The van der Waals surface area contributed by atoms with Crippen LogP contribution >= 0.6 is 0 Å². The Labute approximate surface area is 143 Å². The molecular weight excluding hydrogens is 306 g/mol. The Balaban J connectivity index is 1.41. The number of aromatic nitrogens is 1. The van der Waals surface area contributed by atoms with E-state index >= 15 is 0 Å². The first kappa shape index (κ1) is 17.3. The minimum Gasteiger partial charge on any atom is -0.372 e. The molecule has 3 heterocycles. The molecule has 1 spiro atoms. The molecule has 1 unspecified atom stereocenters. The fourth-order valence-corrected chi connectivity index (χ4v) is 3.63. The maximum absolute atomic E-state index is 11.5. The molecule has 0 aliphatic carbocycles. The summed E-state index contributed by atoms with van der Waals surface area (Å²) in [5.41, 5.74) is 1.29. The molecule has 0 radical (unpaired) electrons.